The maximum atomic E-state index is 12.5. The number of nitrogens with one attached hydrogen (secondary N) is 2. The molecule has 3 rings (SSSR count). The van der Waals surface area contributed by atoms with E-state index in [-0.39, 0.29) is 18.0 Å². The van der Waals surface area contributed by atoms with Crippen molar-refractivity contribution in [3.05, 3.63) is 51.1 Å². The van der Waals surface area contributed by atoms with Gasteiger partial charge in [0.25, 0.3) is 5.56 Å². The van der Waals surface area contributed by atoms with Crippen molar-refractivity contribution in [2.24, 2.45) is 0 Å². The van der Waals surface area contributed by atoms with Gasteiger partial charge >= 0.3 is 0 Å². The molecular formula is C19H24BrN5O2. The van der Waals surface area contributed by atoms with E-state index in [1.165, 1.54) is 30.4 Å². The normalized spacial score (nSPS) is 15.1. The maximum Gasteiger partial charge on any atom is 0.283 e. The van der Waals surface area contributed by atoms with Gasteiger partial charge in [0.2, 0.25) is 5.91 Å². The highest BCUT2D eigenvalue weighted by Crippen LogP contribution is 2.23. The van der Waals surface area contributed by atoms with Crippen molar-refractivity contribution in [1.82, 2.24) is 20.1 Å². The lowest BCUT2D eigenvalue weighted by molar-refractivity contribution is -0.122. The zero-order valence-corrected chi connectivity index (χ0v) is 16.7. The molecule has 1 fully saturated rings. The lowest BCUT2D eigenvalue weighted by Crippen LogP contribution is -2.34. The molecule has 1 aliphatic rings. The molecule has 0 spiro atoms. The number of carbonyl (C=O) groups is 1. The number of halogens is 1. The molecule has 0 saturated heterocycles. The summed E-state index contributed by atoms with van der Waals surface area (Å²) >= 11 is 3.37. The average molecular weight is 434 g/mol. The number of hydrogen-bond donors (Lipinski definition) is 2. The minimum Gasteiger partial charge on any atom is -0.380 e. The van der Waals surface area contributed by atoms with Gasteiger partial charge in [-0.25, -0.2) is 4.68 Å². The number of carbonyl (C=O) groups excluding carboxylic acids is 1. The van der Waals surface area contributed by atoms with E-state index in [1.54, 1.807) is 18.6 Å². The van der Waals surface area contributed by atoms with Crippen molar-refractivity contribution in [1.29, 1.82) is 0 Å². The molecule has 1 saturated carbocycles. The van der Waals surface area contributed by atoms with Crippen LogP contribution in [0.4, 0.5) is 5.69 Å². The van der Waals surface area contributed by atoms with E-state index < -0.39 is 0 Å². The van der Waals surface area contributed by atoms with Gasteiger partial charge in [0.05, 0.1) is 11.9 Å². The Hall–Kier alpha value is -2.22. The number of pyridine rings is 1. The van der Waals surface area contributed by atoms with Crippen LogP contribution in [0, 0.1) is 0 Å². The van der Waals surface area contributed by atoms with Gasteiger partial charge < -0.3 is 10.6 Å². The Labute approximate surface area is 166 Å². The summed E-state index contributed by atoms with van der Waals surface area (Å²) in [7, 11) is 0. The highest BCUT2D eigenvalue weighted by Gasteiger charge is 2.16. The zero-order valence-electron chi connectivity index (χ0n) is 15.2. The smallest absolute Gasteiger partial charge is 0.283 e. The number of nitrogens with zero attached hydrogens (tertiary/aromatic N) is 3. The number of rotatable bonds is 6. The number of aromatic nitrogens is 3. The van der Waals surface area contributed by atoms with Crippen molar-refractivity contribution >= 4 is 27.5 Å². The third kappa shape index (κ3) is 5.63. The van der Waals surface area contributed by atoms with E-state index >= 15 is 0 Å². The minimum atomic E-state index is -0.312. The molecule has 2 aromatic rings. The fourth-order valence-electron chi connectivity index (χ4n) is 3.22. The minimum absolute atomic E-state index is 0.119. The van der Waals surface area contributed by atoms with E-state index in [0.717, 1.165) is 18.4 Å². The molecule has 1 aliphatic carbocycles. The van der Waals surface area contributed by atoms with Crippen molar-refractivity contribution < 1.29 is 4.79 Å². The standard InChI is InChI=1S/C19H24BrN5O2/c20-18-16(24-15-5-3-1-2-4-6-15)12-23-25(19(18)27)13-17(26)22-11-14-7-9-21-10-8-14/h7-10,12,15,24H,1-6,11,13H2,(H,22,26). The number of hydrogen-bond acceptors (Lipinski definition) is 5. The van der Waals surface area contributed by atoms with Crippen molar-refractivity contribution in [3.8, 4) is 0 Å². The highest BCUT2D eigenvalue weighted by atomic mass is 79.9. The summed E-state index contributed by atoms with van der Waals surface area (Å²) in [4.78, 5) is 28.6. The van der Waals surface area contributed by atoms with Gasteiger partial charge in [0, 0.05) is 25.0 Å². The Morgan fingerprint density at radius 1 is 1.19 bits per heavy atom. The van der Waals surface area contributed by atoms with Gasteiger partial charge in [-0.05, 0) is 46.5 Å². The quantitative estimate of drug-likeness (QED) is 0.683. The van der Waals surface area contributed by atoms with Crippen molar-refractivity contribution in [3.63, 3.8) is 0 Å². The fourth-order valence-corrected chi connectivity index (χ4v) is 3.64. The predicted octanol–water partition coefficient (Wildman–Crippen LogP) is 2.85. The molecule has 8 heteroatoms. The second kappa shape index (κ2) is 9.64. The van der Waals surface area contributed by atoms with Crippen LogP contribution in [0.25, 0.3) is 0 Å². The topological polar surface area (TPSA) is 88.9 Å². The lowest BCUT2D eigenvalue weighted by atomic mass is 10.1. The van der Waals surface area contributed by atoms with E-state index in [2.05, 4.69) is 36.6 Å². The van der Waals surface area contributed by atoms with Crippen LogP contribution >= 0.6 is 15.9 Å². The monoisotopic (exact) mass is 433 g/mol. The first-order valence-electron chi connectivity index (χ1n) is 9.31. The molecule has 144 valence electrons. The first kappa shape index (κ1) is 19.5. The van der Waals surface area contributed by atoms with E-state index in [4.69, 9.17) is 0 Å². The van der Waals surface area contributed by atoms with Gasteiger partial charge in [-0.15, -0.1) is 0 Å². The fraction of sp³-hybridized carbons (Fsp3) is 0.474. The van der Waals surface area contributed by atoms with E-state index in [0.29, 0.717) is 22.7 Å². The zero-order chi connectivity index (χ0) is 19.1. The third-order valence-corrected chi connectivity index (χ3v) is 5.50. The van der Waals surface area contributed by atoms with Gasteiger partial charge in [-0.2, -0.15) is 5.10 Å². The Kier molecular flexibility index (Phi) is 6.98. The second-order valence-corrected chi connectivity index (χ2v) is 7.59. The predicted molar refractivity (Wildman–Crippen MR) is 107 cm³/mol. The molecule has 27 heavy (non-hydrogen) atoms. The van der Waals surface area contributed by atoms with Crippen molar-refractivity contribution in [2.45, 2.75) is 57.7 Å². The molecule has 2 N–H and O–H groups in total. The molecule has 0 aliphatic heterocycles. The molecule has 0 unspecified atom stereocenters. The van der Waals surface area contributed by atoms with Crippen LogP contribution in [-0.4, -0.2) is 26.7 Å². The average Bonchev–Trinajstić information content (AvgIpc) is 2.96. The molecule has 0 radical (unpaired) electrons. The van der Waals surface area contributed by atoms with Crippen LogP contribution in [0.5, 0.6) is 0 Å². The molecule has 0 aromatic carbocycles. The Morgan fingerprint density at radius 2 is 1.89 bits per heavy atom. The summed E-state index contributed by atoms with van der Waals surface area (Å²) < 4.78 is 1.59. The van der Waals surface area contributed by atoms with Crippen LogP contribution in [0.15, 0.2) is 40.0 Å². The number of amides is 1. The van der Waals surface area contributed by atoms with Crippen LogP contribution in [0.2, 0.25) is 0 Å². The van der Waals surface area contributed by atoms with E-state index in [1.807, 2.05) is 12.1 Å². The number of anilines is 1. The highest BCUT2D eigenvalue weighted by molar-refractivity contribution is 9.10. The summed E-state index contributed by atoms with van der Waals surface area (Å²) in [6.45, 7) is 0.269. The van der Waals surface area contributed by atoms with E-state index in [9.17, 15) is 9.59 Å². The molecular weight excluding hydrogens is 410 g/mol. The summed E-state index contributed by atoms with van der Waals surface area (Å²) in [5.74, 6) is -0.266. The van der Waals surface area contributed by atoms with Crippen LogP contribution < -0.4 is 16.2 Å². The summed E-state index contributed by atoms with van der Waals surface area (Å²) in [6, 6.07) is 4.02. The molecule has 1 amide bonds. The largest absolute Gasteiger partial charge is 0.380 e. The Balaban J connectivity index is 1.60. The third-order valence-electron chi connectivity index (χ3n) is 4.73. The molecule has 2 aromatic heterocycles. The SMILES string of the molecule is O=C(Cn1ncc(NC2CCCCCC2)c(Br)c1=O)NCc1ccncc1. The van der Waals surface area contributed by atoms with Gasteiger partial charge in [-0.1, -0.05) is 25.7 Å². The second-order valence-electron chi connectivity index (χ2n) is 6.80. The van der Waals surface area contributed by atoms with Crippen LogP contribution in [-0.2, 0) is 17.9 Å². The van der Waals surface area contributed by atoms with Gasteiger partial charge in [0.15, 0.2) is 0 Å². The van der Waals surface area contributed by atoms with Gasteiger partial charge in [0.1, 0.15) is 11.0 Å². The lowest BCUT2D eigenvalue weighted by Gasteiger charge is -2.18. The summed E-state index contributed by atoms with van der Waals surface area (Å²) in [5, 5.41) is 10.4. The van der Waals surface area contributed by atoms with Gasteiger partial charge in [-0.3, -0.25) is 14.6 Å². The molecule has 2 heterocycles. The maximum absolute atomic E-state index is 12.5. The van der Waals surface area contributed by atoms with Crippen molar-refractivity contribution in [2.75, 3.05) is 5.32 Å². The molecule has 0 atom stereocenters. The summed E-state index contributed by atoms with van der Waals surface area (Å²) in [6.07, 6.45) is 12.1. The Morgan fingerprint density at radius 3 is 2.59 bits per heavy atom. The van der Waals surface area contributed by atoms with Crippen LogP contribution in [0.3, 0.4) is 0 Å². The Bertz CT molecular complexity index is 817. The first-order chi connectivity index (χ1) is 13.1. The molecule has 0 bridgehead atoms. The molecule has 7 nitrogen and oxygen atoms in total. The first-order valence-corrected chi connectivity index (χ1v) is 10.1. The summed E-state index contributed by atoms with van der Waals surface area (Å²) in [5.41, 5.74) is 1.33. The van der Waals surface area contributed by atoms with Crippen LogP contribution in [0.1, 0.15) is 44.1 Å².